The molecule has 0 saturated carbocycles. The van der Waals surface area contributed by atoms with Crippen molar-refractivity contribution in [3.8, 4) is 5.75 Å². The van der Waals surface area contributed by atoms with Gasteiger partial charge in [0.25, 0.3) is 5.91 Å². The summed E-state index contributed by atoms with van der Waals surface area (Å²) in [5, 5.41) is 4.72. The Morgan fingerprint density at radius 2 is 2.00 bits per heavy atom. The minimum atomic E-state index is -0.525. The molecular weight excluding hydrogens is 379 g/mol. The van der Waals surface area contributed by atoms with Crippen molar-refractivity contribution in [2.75, 3.05) is 6.61 Å². The Kier molecular flexibility index (Phi) is 5.55. The molecule has 0 aliphatic rings. The molecule has 0 bridgehead atoms. The Labute approximate surface area is 158 Å². The second-order valence-corrected chi connectivity index (χ2v) is 5.94. The number of hydrazone groups is 1. The topological polar surface area (TPSA) is 80.9 Å². The number of fused-ring (bicyclic) bond motifs is 1. The maximum absolute atomic E-state index is 12.3. The molecule has 0 unspecified atom stereocenters. The van der Waals surface area contributed by atoms with Crippen molar-refractivity contribution in [2.24, 2.45) is 5.10 Å². The summed E-state index contributed by atoms with van der Waals surface area (Å²) in [7, 11) is 0. The molecule has 0 saturated heterocycles. The average Bonchev–Trinajstić information content (AvgIpc) is 2.65. The fraction of sp³-hybridized carbons (Fsp3) is 0.0556. The van der Waals surface area contributed by atoms with Crippen molar-refractivity contribution < 1.29 is 13.9 Å². The molecule has 2 aromatic carbocycles. The van der Waals surface area contributed by atoms with E-state index in [1.54, 1.807) is 42.5 Å². The first-order valence-corrected chi connectivity index (χ1v) is 8.21. The van der Waals surface area contributed by atoms with Crippen LogP contribution in [0.25, 0.3) is 11.0 Å². The molecule has 26 heavy (non-hydrogen) atoms. The highest BCUT2D eigenvalue weighted by molar-refractivity contribution is 6.42. The number of rotatable bonds is 5. The molecule has 0 aliphatic carbocycles. The van der Waals surface area contributed by atoms with E-state index in [1.807, 2.05) is 0 Å². The number of hydrogen-bond donors (Lipinski definition) is 1. The first kappa shape index (κ1) is 18.0. The molecule has 1 aromatic heterocycles. The minimum absolute atomic E-state index is 0.211. The summed E-state index contributed by atoms with van der Waals surface area (Å²) in [6.45, 7) is -0.316. The lowest BCUT2D eigenvalue weighted by Crippen LogP contribution is -2.25. The monoisotopic (exact) mass is 390 g/mol. The summed E-state index contributed by atoms with van der Waals surface area (Å²) in [6, 6.07) is 11.7. The number of para-hydroxylation sites is 1. The number of carbonyl (C=O) groups excluding carboxylic acids is 1. The lowest BCUT2D eigenvalue weighted by molar-refractivity contribution is -0.123. The van der Waals surface area contributed by atoms with Crippen molar-refractivity contribution in [3.63, 3.8) is 0 Å². The zero-order chi connectivity index (χ0) is 18.5. The van der Waals surface area contributed by atoms with Gasteiger partial charge in [0.05, 0.1) is 22.2 Å². The van der Waals surface area contributed by atoms with Gasteiger partial charge < -0.3 is 9.15 Å². The van der Waals surface area contributed by atoms with Crippen molar-refractivity contribution >= 4 is 46.3 Å². The van der Waals surface area contributed by atoms with Crippen molar-refractivity contribution in [1.29, 1.82) is 0 Å². The normalized spacial score (nSPS) is 11.0. The maximum atomic E-state index is 12.3. The summed E-state index contributed by atoms with van der Waals surface area (Å²) in [5.41, 5.74) is 2.70. The Balaban J connectivity index is 1.62. The first-order valence-electron chi connectivity index (χ1n) is 7.45. The second-order valence-electron chi connectivity index (χ2n) is 5.15. The van der Waals surface area contributed by atoms with E-state index >= 15 is 0 Å². The van der Waals surface area contributed by atoms with E-state index in [1.165, 1.54) is 12.5 Å². The standard InChI is InChI=1S/C18H12Cl2N2O4/c19-13-5-3-7-15(17(13)20)26-10-16(23)22-21-8-11-9-25-14-6-2-1-4-12(14)18(11)24/h1-9H,10H2,(H,22,23). The van der Waals surface area contributed by atoms with Crippen LogP contribution in [0.4, 0.5) is 0 Å². The Bertz CT molecular complexity index is 1050. The summed E-state index contributed by atoms with van der Waals surface area (Å²) >= 11 is 11.8. The van der Waals surface area contributed by atoms with Gasteiger partial charge in [0.1, 0.15) is 22.6 Å². The van der Waals surface area contributed by atoms with Crippen LogP contribution in [0.2, 0.25) is 10.0 Å². The summed E-state index contributed by atoms with van der Waals surface area (Å²) in [4.78, 5) is 24.0. The van der Waals surface area contributed by atoms with E-state index in [0.29, 0.717) is 16.0 Å². The van der Waals surface area contributed by atoms with Gasteiger partial charge in [-0.05, 0) is 24.3 Å². The number of ether oxygens (including phenoxy) is 1. The van der Waals surface area contributed by atoms with Crippen molar-refractivity contribution in [1.82, 2.24) is 5.43 Å². The van der Waals surface area contributed by atoms with Gasteiger partial charge in [-0.25, -0.2) is 5.43 Å². The number of halogens is 2. The fourth-order valence-electron chi connectivity index (χ4n) is 2.13. The molecule has 0 fully saturated rings. The van der Waals surface area contributed by atoms with Crippen molar-refractivity contribution in [3.05, 3.63) is 74.6 Å². The number of nitrogens with zero attached hydrogens (tertiary/aromatic N) is 1. The van der Waals surface area contributed by atoms with Gasteiger partial charge >= 0.3 is 0 Å². The average molecular weight is 391 g/mol. The largest absolute Gasteiger partial charge is 0.482 e. The minimum Gasteiger partial charge on any atom is -0.482 e. The molecule has 1 heterocycles. The molecule has 3 aromatic rings. The maximum Gasteiger partial charge on any atom is 0.277 e. The van der Waals surface area contributed by atoms with Crippen LogP contribution in [0.3, 0.4) is 0 Å². The molecule has 0 spiro atoms. The van der Waals surface area contributed by atoms with Gasteiger partial charge in [-0.3, -0.25) is 9.59 Å². The number of benzene rings is 2. The molecule has 0 radical (unpaired) electrons. The van der Waals surface area contributed by atoms with Crippen LogP contribution in [0.5, 0.6) is 5.75 Å². The van der Waals surface area contributed by atoms with E-state index in [0.717, 1.165) is 0 Å². The number of amides is 1. The van der Waals surface area contributed by atoms with E-state index in [9.17, 15) is 9.59 Å². The van der Waals surface area contributed by atoms with Crippen LogP contribution in [-0.4, -0.2) is 18.7 Å². The molecule has 1 N–H and O–H groups in total. The van der Waals surface area contributed by atoms with Gasteiger partial charge in [0.15, 0.2) is 6.61 Å². The number of hydrogen-bond acceptors (Lipinski definition) is 5. The van der Waals surface area contributed by atoms with E-state index in [4.69, 9.17) is 32.4 Å². The highest BCUT2D eigenvalue weighted by Gasteiger charge is 2.08. The van der Waals surface area contributed by atoms with Crippen LogP contribution in [-0.2, 0) is 4.79 Å². The van der Waals surface area contributed by atoms with E-state index in [-0.39, 0.29) is 28.4 Å². The van der Waals surface area contributed by atoms with E-state index in [2.05, 4.69) is 10.5 Å². The molecule has 0 aliphatic heterocycles. The highest BCUT2D eigenvalue weighted by atomic mass is 35.5. The third kappa shape index (κ3) is 4.04. The van der Waals surface area contributed by atoms with Crippen LogP contribution in [0, 0.1) is 0 Å². The zero-order valence-corrected chi connectivity index (χ0v) is 14.8. The van der Waals surface area contributed by atoms with Crippen LogP contribution < -0.4 is 15.6 Å². The van der Waals surface area contributed by atoms with E-state index < -0.39 is 5.91 Å². The number of nitrogens with one attached hydrogen (secondary N) is 1. The molecule has 6 nitrogen and oxygen atoms in total. The zero-order valence-electron chi connectivity index (χ0n) is 13.2. The SMILES string of the molecule is O=C(COc1cccc(Cl)c1Cl)NN=Cc1coc2ccccc2c1=O. The van der Waals surface area contributed by atoms with Crippen LogP contribution in [0.15, 0.2) is 63.0 Å². The molecular formula is C18H12Cl2N2O4. The third-order valence-corrected chi connectivity index (χ3v) is 4.18. The summed E-state index contributed by atoms with van der Waals surface area (Å²) in [5.74, 6) is -0.240. The Hall–Kier alpha value is -2.83. The molecule has 8 heteroatoms. The lowest BCUT2D eigenvalue weighted by atomic mass is 10.2. The summed E-state index contributed by atoms with van der Waals surface area (Å²) < 4.78 is 10.6. The quantitative estimate of drug-likeness (QED) is 0.532. The van der Waals surface area contributed by atoms with Gasteiger partial charge in [-0.15, -0.1) is 0 Å². The van der Waals surface area contributed by atoms with Gasteiger partial charge in [-0.2, -0.15) is 5.10 Å². The summed E-state index contributed by atoms with van der Waals surface area (Å²) in [6.07, 6.45) is 2.49. The second kappa shape index (κ2) is 8.03. The van der Waals surface area contributed by atoms with Gasteiger partial charge in [0, 0.05) is 0 Å². The fourth-order valence-corrected chi connectivity index (χ4v) is 2.47. The third-order valence-electron chi connectivity index (χ3n) is 3.37. The molecule has 1 amide bonds. The molecule has 0 atom stereocenters. The highest BCUT2D eigenvalue weighted by Crippen LogP contribution is 2.31. The van der Waals surface area contributed by atoms with Crippen LogP contribution >= 0.6 is 23.2 Å². The number of carbonyl (C=O) groups is 1. The predicted octanol–water partition coefficient (Wildman–Crippen LogP) is 3.63. The van der Waals surface area contributed by atoms with Crippen molar-refractivity contribution in [2.45, 2.75) is 0 Å². The van der Waals surface area contributed by atoms with Gasteiger partial charge in [0.2, 0.25) is 5.43 Å². The van der Waals surface area contributed by atoms with Gasteiger partial charge in [-0.1, -0.05) is 41.4 Å². The molecule has 3 rings (SSSR count). The molecule has 132 valence electrons. The van der Waals surface area contributed by atoms with Crippen LogP contribution in [0.1, 0.15) is 5.56 Å². The first-order chi connectivity index (χ1) is 12.6. The lowest BCUT2D eigenvalue weighted by Gasteiger charge is -2.07. The smallest absolute Gasteiger partial charge is 0.277 e. The Morgan fingerprint density at radius 3 is 2.85 bits per heavy atom. The predicted molar refractivity (Wildman–Crippen MR) is 100 cm³/mol. The Morgan fingerprint density at radius 1 is 1.19 bits per heavy atom.